The molecule has 0 bridgehead atoms. The van der Waals surface area contributed by atoms with Crippen LogP contribution in [0, 0.1) is 5.92 Å². The molecule has 1 saturated carbocycles. The van der Waals surface area contributed by atoms with E-state index in [0.29, 0.717) is 32.1 Å². The van der Waals surface area contributed by atoms with E-state index in [-0.39, 0.29) is 17.9 Å². The molecule has 2 heterocycles. The highest BCUT2D eigenvalue weighted by molar-refractivity contribution is 7.12. The number of nitrogens with two attached hydrogens (primary N) is 1. The predicted molar refractivity (Wildman–Crippen MR) is 96.0 cm³/mol. The summed E-state index contributed by atoms with van der Waals surface area (Å²) in [6.07, 6.45) is 7.10. The number of amides is 2. The zero-order chi connectivity index (χ0) is 16.9. The quantitative estimate of drug-likeness (QED) is 0.907. The normalized spacial score (nSPS) is 20.9. The number of carbonyl (C=O) groups is 2. The van der Waals surface area contributed by atoms with Gasteiger partial charge in [0.05, 0.1) is 10.9 Å². The second-order valence-corrected chi connectivity index (χ2v) is 7.89. The van der Waals surface area contributed by atoms with E-state index in [9.17, 15) is 9.59 Å². The maximum Gasteiger partial charge on any atom is 0.264 e. The van der Waals surface area contributed by atoms with Crippen LogP contribution in [-0.4, -0.2) is 53.8 Å². The Morgan fingerprint density at radius 3 is 2.42 bits per heavy atom. The van der Waals surface area contributed by atoms with Crippen molar-refractivity contribution in [3.63, 3.8) is 0 Å². The van der Waals surface area contributed by atoms with Crippen molar-refractivity contribution in [2.45, 2.75) is 44.6 Å². The molecule has 2 fully saturated rings. The standard InChI is InChI=1S/C18H27N3O2S/c19-15(13-14-5-2-1-3-6-14)17(22)20-8-10-21(11-9-20)18(23)16-7-4-12-24-16/h4,7,12,14-15H,1-3,5-6,8-11,13,19H2. The van der Waals surface area contributed by atoms with E-state index in [4.69, 9.17) is 5.73 Å². The SMILES string of the molecule is NC(CC1CCCCC1)C(=O)N1CCN(C(=O)c2cccs2)CC1. The number of piperazine rings is 1. The molecule has 0 aromatic carbocycles. The van der Waals surface area contributed by atoms with Gasteiger partial charge in [0.15, 0.2) is 0 Å². The fourth-order valence-corrected chi connectivity index (χ4v) is 4.49. The lowest BCUT2D eigenvalue weighted by Crippen LogP contribution is -2.54. The van der Waals surface area contributed by atoms with Gasteiger partial charge < -0.3 is 15.5 Å². The van der Waals surface area contributed by atoms with Crippen molar-refractivity contribution in [3.05, 3.63) is 22.4 Å². The van der Waals surface area contributed by atoms with Gasteiger partial charge in [-0.3, -0.25) is 9.59 Å². The van der Waals surface area contributed by atoms with Crippen molar-refractivity contribution in [2.24, 2.45) is 11.7 Å². The van der Waals surface area contributed by atoms with Gasteiger partial charge in [-0.25, -0.2) is 0 Å². The summed E-state index contributed by atoms with van der Waals surface area (Å²) in [5, 5.41) is 1.91. The molecular formula is C18H27N3O2S. The monoisotopic (exact) mass is 349 g/mol. The average Bonchev–Trinajstić information content (AvgIpc) is 3.16. The lowest BCUT2D eigenvalue weighted by molar-refractivity contribution is -0.134. The molecule has 0 spiro atoms. The summed E-state index contributed by atoms with van der Waals surface area (Å²) >= 11 is 1.46. The van der Waals surface area contributed by atoms with Gasteiger partial charge in [-0.05, 0) is 23.8 Å². The summed E-state index contributed by atoms with van der Waals surface area (Å²) in [5.74, 6) is 0.742. The minimum atomic E-state index is -0.382. The van der Waals surface area contributed by atoms with Crippen LogP contribution in [0.15, 0.2) is 17.5 Å². The van der Waals surface area contributed by atoms with Gasteiger partial charge in [-0.2, -0.15) is 0 Å². The van der Waals surface area contributed by atoms with Crippen LogP contribution in [0.4, 0.5) is 0 Å². The molecule has 1 atom stereocenters. The van der Waals surface area contributed by atoms with Crippen LogP contribution in [0.25, 0.3) is 0 Å². The molecule has 24 heavy (non-hydrogen) atoms. The molecule has 1 unspecified atom stereocenters. The fraction of sp³-hybridized carbons (Fsp3) is 0.667. The molecule has 3 rings (SSSR count). The Balaban J connectivity index is 1.46. The molecule has 2 amide bonds. The van der Waals surface area contributed by atoms with E-state index in [2.05, 4.69) is 0 Å². The molecule has 1 aliphatic heterocycles. The van der Waals surface area contributed by atoms with Crippen LogP contribution in [0.3, 0.4) is 0 Å². The van der Waals surface area contributed by atoms with E-state index in [1.807, 2.05) is 27.3 Å². The second kappa shape index (κ2) is 8.12. The summed E-state index contributed by atoms with van der Waals surface area (Å²) in [4.78, 5) is 29.4. The smallest absolute Gasteiger partial charge is 0.264 e. The zero-order valence-electron chi connectivity index (χ0n) is 14.2. The van der Waals surface area contributed by atoms with Crippen molar-refractivity contribution in [2.75, 3.05) is 26.2 Å². The maximum absolute atomic E-state index is 12.6. The summed E-state index contributed by atoms with van der Waals surface area (Å²) in [7, 11) is 0. The van der Waals surface area contributed by atoms with E-state index in [1.54, 1.807) is 0 Å². The van der Waals surface area contributed by atoms with Crippen LogP contribution < -0.4 is 5.73 Å². The average molecular weight is 350 g/mol. The molecule has 0 radical (unpaired) electrons. The number of nitrogens with zero attached hydrogens (tertiary/aromatic N) is 2. The lowest BCUT2D eigenvalue weighted by Gasteiger charge is -2.36. The number of thiophene rings is 1. The van der Waals surface area contributed by atoms with Gasteiger partial charge in [-0.1, -0.05) is 38.2 Å². The third-order valence-electron chi connectivity index (χ3n) is 5.24. The van der Waals surface area contributed by atoms with E-state index >= 15 is 0 Å². The first kappa shape index (κ1) is 17.4. The first-order chi connectivity index (χ1) is 11.6. The van der Waals surface area contributed by atoms with Crippen molar-refractivity contribution < 1.29 is 9.59 Å². The predicted octanol–water partition coefficient (Wildman–Crippen LogP) is 2.33. The molecule has 1 saturated heterocycles. The lowest BCUT2D eigenvalue weighted by atomic mass is 9.84. The Morgan fingerprint density at radius 1 is 1.12 bits per heavy atom. The molecule has 6 heteroatoms. The Labute approximate surface area is 147 Å². The molecule has 1 aromatic rings. The van der Waals surface area contributed by atoms with Crippen LogP contribution in [0.5, 0.6) is 0 Å². The van der Waals surface area contributed by atoms with Crippen LogP contribution in [0.2, 0.25) is 0 Å². The third kappa shape index (κ3) is 4.16. The summed E-state index contributed by atoms with van der Waals surface area (Å²) in [5.41, 5.74) is 6.18. The fourth-order valence-electron chi connectivity index (χ4n) is 3.80. The van der Waals surface area contributed by atoms with Crippen molar-refractivity contribution in [1.82, 2.24) is 9.80 Å². The minimum absolute atomic E-state index is 0.0591. The molecular weight excluding hydrogens is 322 g/mol. The van der Waals surface area contributed by atoms with Gasteiger partial charge >= 0.3 is 0 Å². The molecule has 1 aromatic heterocycles. The Morgan fingerprint density at radius 2 is 1.79 bits per heavy atom. The summed E-state index contributed by atoms with van der Waals surface area (Å²) in [6.45, 7) is 2.37. The Hall–Kier alpha value is -1.40. The van der Waals surface area contributed by atoms with Gasteiger partial charge in [0, 0.05) is 26.2 Å². The molecule has 5 nitrogen and oxygen atoms in total. The number of rotatable bonds is 4. The molecule has 2 aliphatic rings. The summed E-state index contributed by atoms with van der Waals surface area (Å²) in [6, 6.07) is 3.36. The van der Waals surface area contributed by atoms with Crippen LogP contribution in [0.1, 0.15) is 48.2 Å². The summed E-state index contributed by atoms with van der Waals surface area (Å²) < 4.78 is 0. The van der Waals surface area contributed by atoms with E-state index in [0.717, 1.165) is 11.3 Å². The maximum atomic E-state index is 12.6. The number of hydrogen-bond donors (Lipinski definition) is 1. The highest BCUT2D eigenvalue weighted by atomic mass is 32.1. The van der Waals surface area contributed by atoms with Gasteiger partial charge in [0.2, 0.25) is 5.91 Å². The largest absolute Gasteiger partial charge is 0.338 e. The minimum Gasteiger partial charge on any atom is -0.338 e. The Bertz CT molecular complexity index is 547. The van der Waals surface area contributed by atoms with E-state index in [1.165, 1.54) is 43.4 Å². The van der Waals surface area contributed by atoms with Crippen molar-refractivity contribution in [1.29, 1.82) is 0 Å². The third-order valence-corrected chi connectivity index (χ3v) is 6.10. The first-order valence-electron chi connectivity index (χ1n) is 9.02. The topological polar surface area (TPSA) is 66.6 Å². The second-order valence-electron chi connectivity index (χ2n) is 6.94. The van der Waals surface area contributed by atoms with Gasteiger partial charge in [0.1, 0.15) is 0 Å². The van der Waals surface area contributed by atoms with Gasteiger partial charge in [0.25, 0.3) is 5.91 Å². The number of hydrogen-bond acceptors (Lipinski definition) is 4. The number of carbonyl (C=O) groups excluding carboxylic acids is 2. The van der Waals surface area contributed by atoms with Crippen LogP contribution >= 0.6 is 11.3 Å². The molecule has 1 aliphatic carbocycles. The zero-order valence-corrected chi connectivity index (χ0v) is 15.0. The van der Waals surface area contributed by atoms with Gasteiger partial charge in [-0.15, -0.1) is 11.3 Å². The molecule has 2 N–H and O–H groups in total. The van der Waals surface area contributed by atoms with Crippen molar-refractivity contribution >= 4 is 23.2 Å². The van der Waals surface area contributed by atoms with Crippen molar-refractivity contribution in [3.8, 4) is 0 Å². The Kier molecular flexibility index (Phi) is 5.89. The highest BCUT2D eigenvalue weighted by Gasteiger charge is 2.29. The van der Waals surface area contributed by atoms with Crippen LogP contribution in [-0.2, 0) is 4.79 Å². The van der Waals surface area contributed by atoms with E-state index < -0.39 is 0 Å². The highest BCUT2D eigenvalue weighted by Crippen LogP contribution is 2.27. The first-order valence-corrected chi connectivity index (χ1v) is 9.90. The molecule has 132 valence electrons.